The number of rotatable bonds is 0. The van der Waals surface area contributed by atoms with E-state index in [4.69, 9.17) is 9.47 Å². The van der Waals surface area contributed by atoms with Crippen LogP contribution in [0.5, 0.6) is 0 Å². The van der Waals surface area contributed by atoms with Crippen LogP contribution in [0.15, 0.2) is 11.1 Å². The lowest BCUT2D eigenvalue weighted by molar-refractivity contribution is 0.176. The van der Waals surface area contributed by atoms with E-state index in [-0.39, 0.29) is 0 Å². The van der Waals surface area contributed by atoms with E-state index in [1.54, 1.807) is 11.1 Å². The second-order valence-electron chi connectivity index (χ2n) is 4.06. The normalized spacial score (nSPS) is 40.0. The van der Waals surface area contributed by atoms with Crippen LogP contribution in [-0.4, -0.2) is 26.4 Å². The topological polar surface area (TPSA) is 18.5 Å². The first kappa shape index (κ1) is 7.10. The highest BCUT2D eigenvalue weighted by Crippen LogP contribution is 2.41. The van der Waals surface area contributed by atoms with E-state index >= 15 is 0 Å². The first-order valence-electron chi connectivity index (χ1n) is 4.81. The van der Waals surface area contributed by atoms with Gasteiger partial charge in [-0.25, -0.2) is 0 Å². The van der Waals surface area contributed by atoms with Crippen LogP contribution in [0.3, 0.4) is 0 Å². The molecule has 0 aromatic heterocycles. The van der Waals surface area contributed by atoms with Crippen molar-refractivity contribution >= 4 is 0 Å². The third-order valence-corrected chi connectivity index (χ3v) is 3.45. The van der Waals surface area contributed by atoms with Gasteiger partial charge in [0.15, 0.2) is 0 Å². The Labute approximate surface area is 72.5 Å². The van der Waals surface area contributed by atoms with Crippen molar-refractivity contribution in [2.75, 3.05) is 26.4 Å². The highest BCUT2D eigenvalue weighted by Gasteiger charge is 2.37. The van der Waals surface area contributed by atoms with E-state index in [2.05, 4.69) is 0 Å². The second kappa shape index (κ2) is 2.57. The summed E-state index contributed by atoms with van der Waals surface area (Å²) in [6.07, 6.45) is 2.59. The third kappa shape index (κ3) is 0.882. The van der Waals surface area contributed by atoms with E-state index in [0.29, 0.717) is 0 Å². The van der Waals surface area contributed by atoms with Crippen LogP contribution in [0.1, 0.15) is 12.8 Å². The molecular weight excluding hydrogens is 152 g/mol. The molecule has 1 aliphatic carbocycles. The van der Waals surface area contributed by atoms with Crippen LogP contribution in [0, 0.1) is 11.8 Å². The molecule has 3 aliphatic rings. The van der Waals surface area contributed by atoms with E-state index < -0.39 is 0 Å². The average molecular weight is 166 g/mol. The molecule has 0 spiro atoms. The van der Waals surface area contributed by atoms with Crippen molar-refractivity contribution < 1.29 is 9.47 Å². The monoisotopic (exact) mass is 166 g/mol. The fraction of sp³-hybridized carbons (Fsp3) is 0.800. The molecule has 0 aromatic carbocycles. The van der Waals surface area contributed by atoms with Crippen LogP contribution in [0.2, 0.25) is 0 Å². The van der Waals surface area contributed by atoms with Crippen molar-refractivity contribution in [3.05, 3.63) is 11.1 Å². The van der Waals surface area contributed by atoms with Gasteiger partial charge < -0.3 is 9.47 Å². The van der Waals surface area contributed by atoms with Gasteiger partial charge in [0.05, 0.1) is 26.4 Å². The predicted molar refractivity (Wildman–Crippen MR) is 44.9 cm³/mol. The summed E-state index contributed by atoms with van der Waals surface area (Å²) in [5.74, 6) is 1.53. The molecule has 0 aromatic rings. The standard InChI is InChI=1S/C10H14O2/c1-2-8-4-12-6-10(8)9-5-11-3-7(1)9/h7,9H,1-6H2/t7-,9+/m1/s1. The Morgan fingerprint density at radius 1 is 1.08 bits per heavy atom. The van der Waals surface area contributed by atoms with Gasteiger partial charge in [0, 0.05) is 5.92 Å². The minimum Gasteiger partial charge on any atom is -0.381 e. The summed E-state index contributed by atoms with van der Waals surface area (Å²) in [4.78, 5) is 0. The number of ether oxygens (including phenoxy) is 2. The zero-order valence-corrected chi connectivity index (χ0v) is 7.21. The van der Waals surface area contributed by atoms with Crippen molar-refractivity contribution in [3.8, 4) is 0 Å². The van der Waals surface area contributed by atoms with Crippen molar-refractivity contribution in [1.29, 1.82) is 0 Å². The smallest absolute Gasteiger partial charge is 0.0688 e. The van der Waals surface area contributed by atoms with Gasteiger partial charge >= 0.3 is 0 Å². The maximum Gasteiger partial charge on any atom is 0.0688 e. The third-order valence-electron chi connectivity index (χ3n) is 3.45. The molecule has 0 N–H and O–H groups in total. The van der Waals surface area contributed by atoms with Crippen LogP contribution in [0.25, 0.3) is 0 Å². The average Bonchev–Trinajstić information content (AvgIpc) is 2.71. The van der Waals surface area contributed by atoms with Gasteiger partial charge in [-0.15, -0.1) is 0 Å². The largest absolute Gasteiger partial charge is 0.381 e. The molecule has 3 rings (SSSR count). The Balaban J connectivity index is 1.93. The summed E-state index contributed by atoms with van der Waals surface area (Å²) in [7, 11) is 0. The van der Waals surface area contributed by atoms with Gasteiger partial charge in [0.2, 0.25) is 0 Å². The van der Waals surface area contributed by atoms with Crippen molar-refractivity contribution in [1.82, 2.24) is 0 Å². The van der Waals surface area contributed by atoms with Crippen molar-refractivity contribution in [3.63, 3.8) is 0 Å². The lowest BCUT2D eigenvalue weighted by Gasteiger charge is -2.24. The minimum absolute atomic E-state index is 0.719. The maximum atomic E-state index is 5.51. The van der Waals surface area contributed by atoms with Crippen LogP contribution >= 0.6 is 0 Å². The molecule has 1 saturated heterocycles. The summed E-state index contributed by atoms with van der Waals surface area (Å²) in [5, 5.41) is 0. The molecule has 2 heterocycles. The molecule has 0 radical (unpaired) electrons. The molecule has 0 saturated carbocycles. The lowest BCUT2D eigenvalue weighted by atomic mass is 9.78. The highest BCUT2D eigenvalue weighted by atomic mass is 16.5. The molecule has 2 atom stereocenters. The summed E-state index contributed by atoms with van der Waals surface area (Å²) >= 11 is 0. The summed E-state index contributed by atoms with van der Waals surface area (Å²) in [6, 6.07) is 0. The zero-order chi connectivity index (χ0) is 7.97. The van der Waals surface area contributed by atoms with Crippen molar-refractivity contribution in [2.45, 2.75) is 12.8 Å². The van der Waals surface area contributed by atoms with E-state index in [1.165, 1.54) is 12.8 Å². The van der Waals surface area contributed by atoms with E-state index in [1.807, 2.05) is 0 Å². The quantitative estimate of drug-likeness (QED) is 0.506. The van der Waals surface area contributed by atoms with Gasteiger partial charge in [0.25, 0.3) is 0 Å². The van der Waals surface area contributed by atoms with Crippen LogP contribution < -0.4 is 0 Å². The fourth-order valence-corrected chi connectivity index (χ4v) is 2.71. The summed E-state index contributed by atoms with van der Waals surface area (Å²) in [5.41, 5.74) is 3.17. The Hall–Kier alpha value is -0.340. The summed E-state index contributed by atoms with van der Waals surface area (Å²) < 4.78 is 11.0. The molecular formula is C10H14O2. The van der Waals surface area contributed by atoms with Gasteiger partial charge in [-0.2, -0.15) is 0 Å². The fourth-order valence-electron chi connectivity index (χ4n) is 2.71. The molecule has 12 heavy (non-hydrogen) atoms. The first-order valence-corrected chi connectivity index (χ1v) is 4.81. The molecule has 2 nitrogen and oxygen atoms in total. The Morgan fingerprint density at radius 2 is 2.08 bits per heavy atom. The Morgan fingerprint density at radius 3 is 3.08 bits per heavy atom. The lowest BCUT2D eigenvalue weighted by Crippen LogP contribution is -2.20. The molecule has 2 heteroatoms. The zero-order valence-electron chi connectivity index (χ0n) is 7.21. The van der Waals surface area contributed by atoms with Gasteiger partial charge in [0.1, 0.15) is 0 Å². The second-order valence-corrected chi connectivity index (χ2v) is 4.06. The van der Waals surface area contributed by atoms with Crippen LogP contribution in [0.4, 0.5) is 0 Å². The van der Waals surface area contributed by atoms with E-state index in [9.17, 15) is 0 Å². The first-order chi connectivity index (χ1) is 5.95. The predicted octanol–water partition coefficient (Wildman–Crippen LogP) is 1.37. The molecule has 66 valence electrons. The SMILES string of the molecule is C1C[C@@H]2COC[C@@H]2C2=C1COC2. The Kier molecular flexibility index (Phi) is 1.52. The number of hydrogen-bond acceptors (Lipinski definition) is 2. The molecule has 0 unspecified atom stereocenters. The molecule has 2 aliphatic heterocycles. The van der Waals surface area contributed by atoms with Crippen LogP contribution in [-0.2, 0) is 9.47 Å². The highest BCUT2D eigenvalue weighted by molar-refractivity contribution is 5.26. The molecule has 1 fully saturated rings. The minimum atomic E-state index is 0.719. The molecule has 0 amide bonds. The van der Waals surface area contributed by atoms with Crippen molar-refractivity contribution in [2.24, 2.45) is 11.8 Å². The van der Waals surface area contributed by atoms with Gasteiger partial charge in [-0.3, -0.25) is 0 Å². The Bertz CT molecular complexity index is 232. The maximum absolute atomic E-state index is 5.51. The van der Waals surface area contributed by atoms with Gasteiger partial charge in [-0.05, 0) is 29.9 Å². The number of fused-ring (bicyclic) bond motifs is 2. The van der Waals surface area contributed by atoms with E-state index in [0.717, 1.165) is 38.3 Å². The summed E-state index contributed by atoms with van der Waals surface area (Å²) in [6.45, 7) is 3.73. The molecule has 0 bridgehead atoms. The van der Waals surface area contributed by atoms with Gasteiger partial charge in [-0.1, -0.05) is 0 Å². The number of hydrogen-bond donors (Lipinski definition) is 0.